The van der Waals surface area contributed by atoms with Crippen molar-refractivity contribution in [2.24, 2.45) is 0 Å². The number of imidazole rings is 1. The Morgan fingerprint density at radius 2 is 2.00 bits per heavy atom. The molecule has 3 aromatic rings. The molecule has 1 aromatic heterocycles. The van der Waals surface area contributed by atoms with Crippen LogP contribution in [0.15, 0.2) is 53.7 Å². The minimum absolute atomic E-state index is 0.0584. The lowest BCUT2D eigenvalue weighted by Gasteiger charge is -2.09. The van der Waals surface area contributed by atoms with Crippen LogP contribution in [-0.4, -0.2) is 40.8 Å². The topological polar surface area (TPSA) is 73.2 Å². The zero-order valence-corrected chi connectivity index (χ0v) is 16.2. The van der Waals surface area contributed by atoms with Crippen molar-refractivity contribution in [2.75, 3.05) is 19.4 Å². The summed E-state index contributed by atoms with van der Waals surface area (Å²) in [5.41, 5.74) is 2.82. The number of rotatable bonds is 7. The van der Waals surface area contributed by atoms with E-state index >= 15 is 0 Å². The van der Waals surface area contributed by atoms with Crippen LogP contribution in [0, 0.1) is 0 Å². The van der Waals surface area contributed by atoms with Crippen LogP contribution in [0.4, 0.5) is 0 Å². The molecule has 1 N–H and O–H groups in total. The van der Waals surface area contributed by atoms with Crippen molar-refractivity contribution in [3.63, 3.8) is 0 Å². The standard InChI is InChI=1S/C19H18ClN3O3S/c1-21-17(24)11-26-18(25)12-27-19-22-15-9-14(20)7-8-16(15)23(19)10-13-5-3-2-4-6-13/h2-9H,10-12H2,1H3,(H,21,24). The third-order valence-electron chi connectivity index (χ3n) is 3.82. The molecule has 0 radical (unpaired) electrons. The summed E-state index contributed by atoms with van der Waals surface area (Å²) in [4.78, 5) is 27.7. The minimum atomic E-state index is -0.472. The number of likely N-dealkylation sites (N-methyl/N-ethyl adjacent to an activating group) is 1. The smallest absolute Gasteiger partial charge is 0.316 e. The molecule has 0 bridgehead atoms. The molecule has 8 heteroatoms. The van der Waals surface area contributed by atoms with Gasteiger partial charge < -0.3 is 14.6 Å². The first-order chi connectivity index (χ1) is 13.1. The van der Waals surface area contributed by atoms with E-state index in [0.717, 1.165) is 16.6 Å². The maximum atomic E-state index is 11.9. The molecule has 0 aliphatic rings. The van der Waals surface area contributed by atoms with E-state index < -0.39 is 5.97 Å². The second kappa shape index (κ2) is 8.92. The molecular formula is C19H18ClN3O3S. The molecular weight excluding hydrogens is 386 g/mol. The predicted molar refractivity (Wildman–Crippen MR) is 106 cm³/mol. The number of benzene rings is 2. The van der Waals surface area contributed by atoms with Gasteiger partial charge in [0.2, 0.25) is 0 Å². The van der Waals surface area contributed by atoms with Gasteiger partial charge in [0.25, 0.3) is 5.91 Å². The molecule has 0 aliphatic carbocycles. The molecule has 0 spiro atoms. The Morgan fingerprint density at radius 3 is 2.74 bits per heavy atom. The summed E-state index contributed by atoms with van der Waals surface area (Å²) in [5.74, 6) is -0.762. The number of nitrogens with one attached hydrogen (secondary N) is 1. The molecule has 0 fully saturated rings. The molecule has 2 aromatic carbocycles. The Balaban J connectivity index is 1.80. The highest BCUT2D eigenvalue weighted by Gasteiger charge is 2.15. The number of ether oxygens (including phenoxy) is 1. The van der Waals surface area contributed by atoms with Crippen LogP contribution < -0.4 is 5.32 Å². The SMILES string of the molecule is CNC(=O)COC(=O)CSc1nc2cc(Cl)ccc2n1Cc1ccccc1. The van der Waals surface area contributed by atoms with Crippen molar-refractivity contribution in [2.45, 2.75) is 11.7 Å². The van der Waals surface area contributed by atoms with Crippen molar-refractivity contribution in [3.8, 4) is 0 Å². The summed E-state index contributed by atoms with van der Waals surface area (Å²) < 4.78 is 6.98. The largest absolute Gasteiger partial charge is 0.455 e. The molecule has 27 heavy (non-hydrogen) atoms. The number of halogens is 1. The van der Waals surface area contributed by atoms with Gasteiger partial charge in [-0.25, -0.2) is 4.98 Å². The van der Waals surface area contributed by atoms with E-state index in [1.165, 1.54) is 18.8 Å². The highest BCUT2D eigenvalue weighted by atomic mass is 35.5. The molecule has 6 nitrogen and oxygen atoms in total. The number of carbonyl (C=O) groups is 2. The Bertz CT molecular complexity index is 959. The van der Waals surface area contributed by atoms with Crippen molar-refractivity contribution in [1.29, 1.82) is 0 Å². The van der Waals surface area contributed by atoms with Gasteiger partial charge >= 0.3 is 5.97 Å². The van der Waals surface area contributed by atoms with Gasteiger partial charge in [0.1, 0.15) is 0 Å². The zero-order chi connectivity index (χ0) is 19.2. The number of aromatic nitrogens is 2. The van der Waals surface area contributed by atoms with Gasteiger partial charge in [-0.1, -0.05) is 53.7 Å². The lowest BCUT2D eigenvalue weighted by atomic mass is 10.2. The fourth-order valence-corrected chi connectivity index (χ4v) is 3.47. The van der Waals surface area contributed by atoms with E-state index in [4.69, 9.17) is 16.3 Å². The zero-order valence-electron chi connectivity index (χ0n) is 14.6. The lowest BCUT2D eigenvalue weighted by Crippen LogP contribution is -2.25. The Kier molecular flexibility index (Phi) is 6.36. The molecule has 140 valence electrons. The molecule has 0 unspecified atom stereocenters. The van der Waals surface area contributed by atoms with Gasteiger partial charge in [0.15, 0.2) is 11.8 Å². The van der Waals surface area contributed by atoms with Crippen LogP contribution in [0.5, 0.6) is 0 Å². The summed E-state index contributed by atoms with van der Waals surface area (Å²) in [6.45, 7) is 0.334. The Hall–Kier alpha value is -2.51. The van der Waals surface area contributed by atoms with Crippen LogP contribution in [-0.2, 0) is 20.9 Å². The molecule has 0 atom stereocenters. The molecule has 0 saturated carbocycles. The van der Waals surface area contributed by atoms with E-state index in [0.29, 0.717) is 16.7 Å². The number of esters is 1. The number of hydrogen-bond acceptors (Lipinski definition) is 5. The van der Waals surface area contributed by atoms with Crippen molar-refractivity contribution >= 4 is 46.3 Å². The number of fused-ring (bicyclic) bond motifs is 1. The highest BCUT2D eigenvalue weighted by molar-refractivity contribution is 7.99. The number of carbonyl (C=O) groups excluding carboxylic acids is 2. The van der Waals surface area contributed by atoms with E-state index in [9.17, 15) is 9.59 Å². The monoisotopic (exact) mass is 403 g/mol. The number of thioether (sulfide) groups is 1. The second-order valence-corrected chi connectivity index (χ2v) is 7.10. The van der Waals surface area contributed by atoms with Crippen molar-refractivity contribution < 1.29 is 14.3 Å². The summed E-state index contributed by atoms with van der Waals surface area (Å²) in [7, 11) is 1.49. The fraction of sp³-hybridized carbons (Fsp3) is 0.211. The first-order valence-electron chi connectivity index (χ1n) is 8.25. The second-order valence-electron chi connectivity index (χ2n) is 5.72. The van der Waals surface area contributed by atoms with Crippen LogP contribution in [0.1, 0.15) is 5.56 Å². The molecule has 0 aliphatic heterocycles. The number of hydrogen-bond donors (Lipinski definition) is 1. The maximum absolute atomic E-state index is 11.9. The average molecular weight is 404 g/mol. The normalized spacial score (nSPS) is 10.7. The first-order valence-corrected chi connectivity index (χ1v) is 9.62. The molecule has 0 saturated heterocycles. The Morgan fingerprint density at radius 1 is 1.22 bits per heavy atom. The third-order valence-corrected chi connectivity index (χ3v) is 5.01. The molecule has 1 heterocycles. The number of nitrogens with zero attached hydrogens (tertiary/aromatic N) is 2. The van der Waals surface area contributed by atoms with E-state index in [1.807, 2.05) is 47.0 Å². The summed E-state index contributed by atoms with van der Waals surface area (Å²) in [5, 5.41) is 3.69. The highest BCUT2D eigenvalue weighted by Crippen LogP contribution is 2.27. The van der Waals surface area contributed by atoms with E-state index in [1.54, 1.807) is 6.07 Å². The summed E-state index contributed by atoms with van der Waals surface area (Å²) >= 11 is 7.35. The van der Waals surface area contributed by atoms with Crippen LogP contribution in [0.25, 0.3) is 11.0 Å². The van der Waals surface area contributed by atoms with Crippen LogP contribution in [0.3, 0.4) is 0 Å². The van der Waals surface area contributed by atoms with E-state index in [-0.39, 0.29) is 18.3 Å². The quantitative estimate of drug-likeness (QED) is 0.484. The first kappa shape index (κ1) is 19.3. The fourth-order valence-electron chi connectivity index (χ4n) is 2.49. The molecule has 3 rings (SSSR count). The maximum Gasteiger partial charge on any atom is 0.316 e. The lowest BCUT2D eigenvalue weighted by molar-refractivity contribution is -0.145. The minimum Gasteiger partial charge on any atom is -0.455 e. The summed E-state index contributed by atoms with van der Waals surface area (Å²) in [6.07, 6.45) is 0. The summed E-state index contributed by atoms with van der Waals surface area (Å²) in [6, 6.07) is 15.5. The third kappa shape index (κ3) is 5.02. The number of amides is 1. The van der Waals surface area contributed by atoms with Gasteiger partial charge in [-0.05, 0) is 23.8 Å². The van der Waals surface area contributed by atoms with Crippen LogP contribution in [0.2, 0.25) is 5.02 Å². The van der Waals surface area contributed by atoms with Gasteiger partial charge in [0, 0.05) is 12.1 Å². The van der Waals surface area contributed by atoms with Gasteiger partial charge in [0.05, 0.1) is 23.3 Å². The van der Waals surface area contributed by atoms with Gasteiger partial charge in [-0.3, -0.25) is 9.59 Å². The van der Waals surface area contributed by atoms with E-state index in [2.05, 4.69) is 10.3 Å². The van der Waals surface area contributed by atoms with Gasteiger partial charge in [-0.15, -0.1) is 0 Å². The van der Waals surface area contributed by atoms with Crippen molar-refractivity contribution in [1.82, 2.24) is 14.9 Å². The Labute approximate surface area is 165 Å². The molecule has 1 amide bonds. The van der Waals surface area contributed by atoms with Crippen LogP contribution >= 0.6 is 23.4 Å². The van der Waals surface area contributed by atoms with Gasteiger partial charge in [-0.2, -0.15) is 0 Å². The van der Waals surface area contributed by atoms with Crippen molar-refractivity contribution in [3.05, 3.63) is 59.1 Å². The average Bonchev–Trinajstić information content (AvgIpc) is 3.01. The predicted octanol–water partition coefficient (Wildman–Crippen LogP) is 3.12.